The predicted octanol–water partition coefficient (Wildman–Crippen LogP) is 2.80. The monoisotopic (exact) mass is 323 g/mol. The first-order valence-electron chi connectivity index (χ1n) is 7.67. The van der Waals surface area contributed by atoms with E-state index in [1.807, 2.05) is 19.1 Å². The maximum Gasteiger partial charge on any atom is 0.337 e. The Morgan fingerprint density at radius 2 is 2.08 bits per heavy atom. The highest BCUT2D eigenvalue weighted by molar-refractivity contribution is 6.02. The van der Waals surface area contributed by atoms with Crippen LogP contribution in [0.5, 0.6) is 0 Å². The topological polar surface area (TPSA) is 84.6 Å². The van der Waals surface area contributed by atoms with E-state index in [4.69, 9.17) is 5.26 Å². The van der Waals surface area contributed by atoms with Crippen LogP contribution in [-0.2, 0) is 0 Å². The fourth-order valence-corrected chi connectivity index (χ4v) is 3.13. The van der Waals surface area contributed by atoms with Crippen LogP contribution in [0.3, 0.4) is 0 Å². The number of benzene rings is 1. The zero-order valence-electron chi connectivity index (χ0n) is 13.3. The summed E-state index contributed by atoms with van der Waals surface area (Å²) >= 11 is 0. The molecule has 0 spiro atoms. The quantitative estimate of drug-likeness (QED) is 0.927. The van der Waals surface area contributed by atoms with Gasteiger partial charge in [0.15, 0.2) is 0 Å². The van der Waals surface area contributed by atoms with Crippen molar-refractivity contribution in [1.82, 2.24) is 4.90 Å². The Morgan fingerprint density at radius 3 is 2.71 bits per heavy atom. The summed E-state index contributed by atoms with van der Waals surface area (Å²) in [4.78, 5) is 27.5. The number of carbonyl (C=O) groups excluding carboxylic acids is 1. The first-order valence-corrected chi connectivity index (χ1v) is 7.67. The molecule has 0 bridgehead atoms. The molecule has 2 amide bonds. The lowest BCUT2D eigenvalue weighted by atomic mass is 9.89. The van der Waals surface area contributed by atoms with E-state index in [-0.39, 0.29) is 11.6 Å². The highest BCUT2D eigenvalue weighted by Gasteiger charge is 2.41. The molecule has 1 fully saturated rings. The highest BCUT2D eigenvalue weighted by atomic mass is 16.4. The minimum Gasteiger partial charge on any atom is -0.478 e. The SMILES string of the molecule is CC1(N2CCN(c3ccccc3C(=O)O)C2=O)C=CC(C#N)=CC1. The molecule has 1 saturated heterocycles. The number of nitriles is 1. The largest absolute Gasteiger partial charge is 0.478 e. The third kappa shape index (κ3) is 2.54. The lowest BCUT2D eigenvalue weighted by Crippen LogP contribution is -2.47. The second kappa shape index (κ2) is 5.85. The number of aromatic carboxylic acids is 1. The van der Waals surface area contributed by atoms with Gasteiger partial charge in [-0.1, -0.05) is 24.3 Å². The maximum absolute atomic E-state index is 12.9. The number of para-hydroxylation sites is 1. The lowest BCUT2D eigenvalue weighted by molar-refractivity contribution is 0.0697. The average molecular weight is 323 g/mol. The van der Waals surface area contributed by atoms with Crippen molar-refractivity contribution in [3.05, 3.63) is 53.6 Å². The number of carbonyl (C=O) groups is 2. The van der Waals surface area contributed by atoms with Crippen LogP contribution in [0.1, 0.15) is 23.7 Å². The van der Waals surface area contributed by atoms with Gasteiger partial charge in [0.1, 0.15) is 0 Å². The molecule has 1 heterocycles. The van der Waals surface area contributed by atoms with Crippen molar-refractivity contribution in [2.75, 3.05) is 18.0 Å². The summed E-state index contributed by atoms with van der Waals surface area (Å²) in [7, 11) is 0. The van der Waals surface area contributed by atoms with E-state index in [0.717, 1.165) is 0 Å². The molecule has 2 aliphatic rings. The van der Waals surface area contributed by atoms with Crippen molar-refractivity contribution >= 4 is 17.7 Å². The van der Waals surface area contributed by atoms with Crippen molar-refractivity contribution in [3.8, 4) is 6.07 Å². The Morgan fingerprint density at radius 1 is 1.33 bits per heavy atom. The van der Waals surface area contributed by atoms with Gasteiger partial charge < -0.3 is 10.0 Å². The minimum absolute atomic E-state index is 0.115. The van der Waals surface area contributed by atoms with E-state index in [1.54, 1.807) is 29.2 Å². The van der Waals surface area contributed by atoms with Crippen LogP contribution in [0.4, 0.5) is 10.5 Å². The molecule has 3 rings (SSSR count). The molecule has 122 valence electrons. The number of urea groups is 1. The molecule has 24 heavy (non-hydrogen) atoms. The first-order chi connectivity index (χ1) is 11.5. The van der Waals surface area contributed by atoms with Gasteiger partial charge in [0.25, 0.3) is 0 Å². The Balaban J connectivity index is 1.87. The van der Waals surface area contributed by atoms with Gasteiger partial charge in [-0.3, -0.25) is 4.90 Å². The summed E-state index contributed by atoms with van der Waals surface area (Å²) in [6, 6.07) is 8.39. The summed E-state index contributed by atoms with van der Waals surface area (Å²) in [6.45, 7) is 2.88. The second-order valence-electron chi connectivity index (χ2n) is 6.07. The molecular formula is C18H17N3O3. The van der Waals surface area contributed by atoms with Gasteiger partial charge in [0.2, 0.25) is 0 Å². The number of amides is 2. The van der Waals surface area contributed by atoms with E-state index >= 15 is 0 Å². The molecule has 1 atom stereocenters. The van der Waals surface area contributed by atoms with Gasteiger partial charge in [-0.2, -0.15) is 5.26 Å². The standard InChI is InChI=1S/C18H17N3O3/c1-18(8-6-13(12-19)7-9-18)21-11-10-20(17(21)24)15-5-3-2-4-14(15)16(22)23/h2-8H,9-11H2,1H3,(H,22,23). The third-order valence-electron chi connectivity index (χ3n) is 4.54. The van der Waals surface area contributed by atoms with Crippen LogP contribution >= 0.6 is 0 Å². The zero-order valence-corrected chi connectivity index (χ0v) is 13.3. The van der Waals surface area contributed by atoms with Crippen molar-refractivity contribution < 1.29 is 14.7 Å². The van der Waals surface area contributed by atoms with Crippen molar-refractivity contribution in [3.63, 3.8) is 0 Å². The predicted molar refractivity (Wildman–Crippen MR) is 88.7 cm³/mol. The van der Waals surface area contributed by atoms with E-state index < -0.39 is 11.5 Å². The van der Waals surface area contributed by atoms with Crippen LogP contribution in [0.2, 0.25) is 0 Å². The van der Waals surface area contributed by atoms with E-state index in [2.05, 4.69) is 6.07 Å². The molecule has 0 saturated carbocycles. The molecule has 0 aromatic heterocycles. The number of carboxylic acid groups (broad SMARTS) is 1. The van der Waals surface area contributed by atoms with E-state index in [0.29, 0.717) is 30.8 Å². The van der Waals surface area contributed by atoms with Crippen molar-refractivity contribution in [2.24, 2.45) is 0 Å². The number of carboxylic acids is 1. The summed E-state index contributed by atoms with van der Waals surface area (Å²) < 4.78 is 0. The summed E-state index contributed by atoms with van der Waals surface area (Å²) in [6.07, 6.45) is 5.98. The number of hydrogen-bond acceptors (Lipinski definition) is 3. The summed E-state index contributed by atoms with van der Waals surface area (Å²) in [5.74, 6) is -1.05. The van der Waals surface area contributed by atoms with Gasteiger partial charge in [-0.05, 0) is 31.6 Å². The fourth-order valence-electron chi connectivity index (χ4n) is 3.13. The molecule has 0 radical (unpaired) electrons. The molecule has 6 heteroatoms. The fraction of sp³-hybridized carbons (Fsp3) is 0.278. The highest BCUT2D eigenvalue weighted by Crippen LogP contribution is 2.33. The van der Waals surface area contributed by atoms with E-state index in [1.165, 1.54) is 11.0 Å². The van der Waals surface area contributed by atoms with Gasteiger partial charge >= 0.3 is 12.0 Å². The summed E-state index contributed by atoms with van der Waals surface area (Å²) in [5.41, 5.74) is 0.606. The molecule has 1 aromatic carbocycles. The Hall–Kier alpha value is -3.07. The zero-order chi connectivity index (χ0) is 17.3. The van der Waals surface area contributed by atoms with Gasteiger partial charge in [-0.25, -0.2) is 9.59 Å². The molecule has 1 aliphatic heterocycles. The van der Waals surface area contributed by atoms with Crippen molar-refractivity contribution in [1.29, 1.82) is 5.26 Å². The third-order valence-corrected chi connectivity index (χ3v) is 4.54. The smallest absolute Gasteiger partial charge is 0.337 e. The Kier molecular flexibility index (Phi) is 3.86. The second-order valence-corrected chi connectivity index (χ2v) is 6.07. The maximum atomic E-state index is 12.9. The molecule has 6 nitrogen and oxygen atoms in total. The van der Waals surface area contributed by atoms with Gasteiger partial charge in [0, 0.05) is 18.7 Å². The molecule has 1 N–H and O–H groups in total. The van der Waals surface area contributed by atoms with Crippen LogP contribution < -0.4 is 4.90 Å². The average Bonchev–Trinajstić information content (AvgIpc) is 2.97. The molecule has 1 aliphatic carbocycles. The number of allylic oxidation sites excluding steroid dienone is 2. The molecular weight excluding hydrogens is 306 g/mol. The minimum atomic E-state index is -1.05. The molecule has 1 unspecified atom stereocenters. The van der Waals surface area contributed by atoms with Crippen LogP contribution in [0.25, 0.3) is 0 Å². The number of anilines is 1. The Labute approximate surface area is 139 Å². The summed E-state index contributed by atoms with van der Waals surface area (Å²) in [5, 5.41) is 18.3. The molecule has 1 aromatic rings. The first kappa shape index (κ1) is 15.8. The Bertz CT molecular complexity index is 806. The van der Waals surface area contributed by atoms with Gasteiger partial charge in [0.05, 0.1) is 22.9 Å². The van der Waals surface area contributed by atoms with Gasteiger partial charge in [-0.15, -0.1) is 0 Å². The van der Waals surface area contributed by atoms with Crippen LogP contribution in [-0.4, -0.2) is 40.6 Å². The van der Waals surface area contributed by atoms with Crippen LogP contribution in [0, 0.1) is 11.3 Å². The number of hydrogen-bond donors (Lipinski definition) is 1. The number of rotatable bonds is 3. The van der Waals surface area contributed by atoms with Crippen molar-refractivity contribution in [2.45, 2.75) is 18.9 Å². The van der Waals surface area contributed by atoms with Crippen LogP contribution in [0.15, 0.2) is 48.1 Å². The lowest BCUT2D eigenvalue weighted by Gasteiger charge is -2.37. The number of nitrogens with zero attached hydrogens (tertiary/aromatic N) is 3. The van der Waals surface area contributed by atoms with E-state index in [9.17, 15) is 14.7 Å². The normalized spacial score (nSPS) is 23.2.